The summed E-state index contributed by atoms with van der Waals surface area (Å²) in [5.41, 5.74) is 0.186. The van der Waals surface area contributed by atoms with Gasteiger partial charge in [0, 0.05) is 19.1 Å². The minimum Gasteiger partial charge on any atom is -0.483 e. The van der Waals surface area contributed by atoms with E-state index in [-0.39, 0.29) is 35.6 Å². The van der Waals surface area contributed by atoms with Crippen LogP contribution in [0.1, 0.15) is 26.7 Å². The van der Waals surface area contributed by atoms with Gasteiger partial charge in [-0.1, -0.05) is 6.07 Å². The standard InChI is InChI=1S/C22H24FN5O4/c1-14(2)31-22(29)27-8-6-16(7-9-27)28-10-11-30-19-20(28)25-13-26-21(19)32-18-5-4-15(24-3)12-17(18)23/h4-5,12-14,16H,6-11H2,1-2H3. The first-order valence-corrected chi connectivity index (χ1v) is 10.5. The molecule has 0 spiro atoms. The number of hydrogen-bond acceptors (Lipinski definition) is 7. The zero-order valence-corrected chi connectivity index (χ0v) is 18.0. The van der Waals surface area contributed by atoms with E-state index < -0.39 is 5.82 Å². The molecule has 168 valence electrons. The van der Waals surface area contributed by atoms with Gasteiger partial charge in [-0.2, -0.15) is 4.98 Å². The second kappa shape index (κ2) is 9.26. The van der Waals surface area contributed by atoms with Gasteiger partial charge in [0.15, 0.2) is 23.1 Å². The van der Waals surface area contributed by atoms with Crippen LogP contribution in [0.3, 0.4) is 0 Å². The maximum Gasteiger partial charge on any atom is 0.410 e. The molecule has 10 heteroatoms. The van der Waals surface area contributed by atoms with Gasteiger partial charge < -0.3 is 24.0 Å². The number of halogens is 1. The summed E-state index contributed by atoms with van der Waals surface area (Å²) in [4.78, 5) is 27.8. The van der Waals surface area contributed by atoms with Gasteiger partial charge in [-0.3, -0.25) is 0 Å². The average molecular weight is 441 g/mol. The first-order valence-electron chi connectivity index (χ1n) is 10.5. The molecule has 2 aromatic rings. The van der Waals surface area contributed by atoms with Crippen LogP contribution in [0.2, 0.25) is 0 Å². The summed E-state index contributed by atoms with van der Waals surface area (Å²) < 4.78 is 31.1. The number of likely N-dealkylation sites (tertiary alicyclic amines) is 1. The van der Waals surface area contributed by atoms with Gasteiger partial charge in [-0.05, 0) is 38.8 Å². The summed E-state index contributed by atoms with van der Waals surface area (Å²) in [6, 6.07) is 4.15. The highest BCUT2D eigenvalue weighted by Gasteiger charge is 2.33. The van der Waals surface area contributed by atoms with Crippen molar-refractivity contribution in [2.45, 2.75) is 38.8 Å². The molecule has 4 rings (SSSR count). The largest absolute Gasteiger partial charge is 0.483 e. The highest BCUT2D eigenvalue weighted by atomic mass is 19.1. The quantitative estimate of drug-likeness (QED) is 0.659. The summed E-state index contributed by atoms with van der Waals surface area (Å²) in [6.07, 6.45) is 2.45. The Morgan fingerprint density at radius 1 is 1.28 bits per heavy atom. The van der Waals surface area contributed by atoms with Gasteiger partial charge in [-0.25, -0.2) is 19.0 Å². The van der Waals surface area contributed by atoms with E-state index in [2.05, 4.69) is 19.7 Å². The molecule has 9 nitrogen and oxygen atoms in total. The maximum absolute atomic E-state index is 14.3. The number of piperidine rings is 1. The number of rotatable bonds is 4. The second-order valence-corrected chi connectivity index (χ2v) is 7.85. The minimum absolute atomic E-state index is 0.0454. The minimum atomic E-state index is -0.654. The van der Waals surface area contributed by atoms with Gasteiger partial charge in [0.05, 0.1) is 19.2 Å². The van der Waals surface area contributed by atoms with Crippen molar-refractivity contribution in [2.75, 3.05) is 31.1 Å². The number of anilines is 1. The SMILES string of the molecule is [C-]#[N+]c1ccc(Oc2ncnc3c2OCCN3C2CCN(C(=O)OC(C)C)CC2)c(F)c1. The monoisotopic (exact) mass is 441 g/mol. The van der Waals surface area contributed by atoms with Crippen LogP contribution in [-0.2, 0) is 4.74 Å². The molecule has 1 saturated heterocycles. The molecule has 0 atom stereocenters. The Bertz CT molecular complexity index is 1030. The van der Waals surface area contributed by atoms with E-state index in [1.807, 2.05) is 13.8 Å². The molecular formula is C22H24FN5O4. The van der Waals surface area contributed by atoms with Crippen molar-refractivity contribution in [3.8, 4) is 17.4 Å². The van der Waals surface area contributed by atoms with E-state index in [1.165, 1.54) is 18.5 Å². The lowest BCUT2D eigenvalue weighted by atomic mass is 10.0. The van der Waals surface area contributed by atoms with Crippen LogP contribution in [0.4, 0.5) is 20.7 Å². The Morgan fingerprint density at radius 2 is 2.06 bits per heavy atom. The molecule has 2 aliphatic heterocycles. The van der Waals surface area contributed by atoms with Crippen molar-refractivity contribution in [1.82, 2.24) is 14.9 Å². The Kier molecular flexibility index (Phi) is 6.25. The zero-order valence-electron chi connectivity index (χ0n) is 18.0. The average Bonchev–Trinajstić information content (AvgIpc) is 2.80. The molecule has 0 bridgehead atoms. The number of carbonyl (C=O) groups is 1. The maximum atomic E-state index is 14.3. The number of fused-ring (bicyclic) bond motifs is 1. The van der Waals surface area contributed by atoms with Crippen molar-refractivity contribution in [2.24, 2.45) is 0 Å². The molecule has 1 aromatic heterocycles. The Morgan fingerprint density at radius 3 is 2.75 bits per heavy atom. The third kappa shape index (κ3) is 4.51. The van der Waals surface area contributed by atoms with Crippen LogP contribution in [0.15, 0.2) is 24.5 Å². The predicted molar refractivity (Wildman–Crippen MR) is 114 cm³/mol. The number of amides is 1. The summed E-state index contributed by atoms with van der Waals surface area (Å²) in [7, 11) is 0. The number of carbonyl (C=O) groups excluding carboxylic acids is 1. The normalized spacial score (nSPS) is 16.2. The Hall–Kier alpha value is -3.61. The molecule has 1 fully saturated rings. The molecule has 3 heterocycles. The molecule has 0 aliphatic carbocycles. The lowest BCUT2D eigenvalue weighted by Crippen LogP contribution is -2.49. The fraction of sp³-hybridized carbons (Fsp3) is 0.455. The molecule has 1 aromatic carbocycles. The molecule has 0 N–H and O–H groups in total. The predicted octanol–water partition coefficient (Wildman–Crippen LogP) is 4.17. The van der Waals surface area contributed by atoms with Crippen LogP contribution >= 0.6 is 0 Å². The lowest BCUT2D eigenvalue weighted by molar-refractivity contribution is 0.0687. The molecule has 0 saturated carbocycles. The highest BCUT2D eigenvalue weighted by molar-refractivity contribution is 5.68. The molecular weight excluding hydrogens is 417 g/mol. The molecule has 2 aliphatic rings. The van der Waals surface area contributed by atoms with Crippen molar-refractivity contribution in [3.63, 3.8) is 0 Å². The number of ether oxygens (including phenoxy) is 3. The number of nitrogens with zero attached hydrogens (tertiary/aromatic N) is 5. The van der Waals surface area contributed by atoms with E-state index in [1.54, 1.807) is 4.90 Å². The van der Waals surface area contributed by atoms with E-state index in [0.717, 1.165) is 18.9 Å². The van der Waals surface area contributed by atoms with Crippen LogP contribution in [0.5, 0.6) is 17.4 Å². The van der Waals surface area contributed by atoms with Crippen molar-refractivity contribution in [3.05, 3.63) is 41.8 Å². The Labute approximate surface area is 185 Å². The fourth-order valence-electron chi connectivity index (χ4n) is 3.84. The summed E-state index contributed by atoms with van der Waals surface area (Å²) in [6.45, 7) is 12.9. The number of hydrogen-bond donors (Lipinski definition) is 0. The summed E-state index contributed by atoms with van der Waals surface area (Å²) >= 11 is 0. The zero-order chi connectivity index (χ0) is 22.7. The summed E-state index contributed by atoms with van der Waals surface area (Å²) in [5.74, 6) is 0.360. The topological polar surface area (TPSA) is 81.4 Å². The van der Waals surface area contributed by atoms with E-state index in [9.17, 15) is 9.18 Å². The van der Waals surface area contributed by atoms with Crippen molar-refractivity contribution < 1.29 is 23.4 Å². The molecule has 0 radical (unpaired) electrons. The lowest BCUT2D eigenvalue weighted by Gasteiger charge is -2.41. The van der Waals surface area contributed by atoms with Gasteiger partial charge in [0.1, 0.15) is 12.9 Å². The number of aromatic nitrogens is 2. The van der Waals surface area contributed by atoms with Gasteiger partial charge in [0.2, 0.25) is 5.75 Å². The second-order valence-electron chi connectivity index (χ2n) is 7.85. The van der Waals surface area contributed by atoms with Gasteiger partial charge in [0.25, 0.3) is 5.88 Å². The van der Waals surface area contributed by atoms with Gasteiger partial charge >= 0.3 is 6.09 Å². The summed E-state index contributed by atoms with van der Waals surface area (Å²) in [5, 5.41) is 0. The van der Waals surface area contributed by atoms with Crippen molar-refractivity contribution in [1.29, 1.82) is 0 Å². The Balaban J connectivity index is 1.49. The van der Waals surface area contributed by atoms with Crippen LogP contribution in [0.25, 0.3) is 4.85 Å². The molecule has 0 unspecified atom stereocenters. The van der Waals surface area contributed by atoms with Crippen LogP contribution < -0.4 is 14.4 Å². The van der Waals surface area contributed by atoms with E-state index >= 15 is 0 Å². The van der Waals surface area contributed by atoms with Crippen molar-refractivity contribution >= 4 is 17.6 Å². The van der Waals surface area contributed by atoms with Crippen LogP contribution in [0, 0.1) is 12.4 Å². The first-order chi connectivity index (χ1) is 15.5. The van der Waals surface area contributed by atoms with Crippen LogP contribution in [-0.4, -0.2) is 59.3 Å². The van der Waals surface area contributed by atoms with E-state index in [0.29, 0.717) is 37.8 Å². The van der Waals surface area contributed by atoms with Gasteiger partial charge in [-0.15, -0.1) is 0 Å². The third-order valence-electron chi connectivity index (χ3n) is 5.35. The third-order valence-corrected chi connectivity index (χ3v) is 5.35. The first kappa shape index (κ1) is 21.6. The fourth-order valence-corrected chi connectivity index (χ4v) is 3.84. The molecule has 1 amide bonds. The smallest absolute Gasteiger partial charge is 0.410 e. The molecule has 32 heavy (non-hydrogen) atoms. The van der Waals surface area contributed by atoms with E-state index in [4.69, 9.17) is 20.8 Å². The number of benzene rings is 1. The highest BCUT2D eigenvalue weighted by Crippen LogP contribution is 2.41.